The number of carbonyl (C=O) groups excluding carboxylic acids is 4. The maximum atomic E-state index is 13.6. The number of aliphatic hydroxyl groups is 1. The van der Waals surface area contributed by atoms with Gasteiger partial charge in [0, 0.05) is 18.6 Å². The monoisotopic (exact) mass is 647 g/mol. The van der Waals surface area contributed by atoms with E-state index in [1.807, 2.05) is 30.3 Å². The second-order valence-corrected chi connectivity index (χ2v) is 14.0. The topological polar surface area (TPSA) is 190 Å². The number of aliphatic hydroxyl groups excluding tert-OH is 1. The van der Waals surface area contributed by atoms with Crippen LogP contribution in [0.5, 0.6) is 0 Å². The average Bonchev–Trinajstić information content (AvgIpc) is 3.21. The molecule has 0 bridgehead atoms. The van der Waals surface area contributed by atoms with Crippen LogP contribution >= 0.6 is 0 Å². The number of hydrogen-bond acceptors (Lipinski definition) is 9. The minimum absolute atomic E-state index is 0.0236. The average molecular weight is 648 g/mol. The molecule has 0 saturated carbocycles. The molecule has 0 aliphatic heterocycles. The lowest BCUT2D eigenvalue weighted by molar-refractivity contribution is -0.127. The number of amides is 3. The molecular weight excluding hydrogens is 598 g/mol. The molecule has 1 aromatic carbocycles. The van der Waals surface area contributed by atoms with E-state index >= 15 is 0 Å². The highest BCUT2D eigenvalue weighted by Crippen LogP contribution is 2.20. The van der Waals surface area contributed by atoms with Gasteiger partial charge >= 0.3 is 12.2 Å². The maximum absolute atomic E-state index is 13.6. The van der Waals surface area contributed by atoms with Gasteiger partial charge < -0.3 is 35.3 Å². The lowest BCUT2D eigenvalue weighted by atomic mass is 10.0. The van der Waals surface area contributed by atoms with Crippen LogP contribution in [0.1, 0.15) is 96.9 Å². The van der Waals surface area contributed by atoms with E-state index in [1.54, 1.807) is 41.5 Å². The van der Waals surface area contributed by atoms with Crippen molar-refractivity contribution in [3.63, 3.8) is 0 Å². The number of carbonyl (C=O) groups is 4. The number of aromatic nitrogens is 2. The zero-order valence-corrected chi connectivity index (χ0v) is 28.5. The minimum atomic E-state index is -1.60. The van der Waals surface area contributed by atoms with Gasteiger partial charge in [0.15, 0.2) is 0 Å². The van der Waals surface area contributed by atoms with Crippen molar-refractivity contribution >= 4 is 24.0 Å². The van der Waals surface area contributed by atoms with E-state index in [-0.39, 0.29) is 30.9 Å². The van der Waals surface area contributed by atoms with Gasteiger partial charge in [-0.15, -0.1) is 0 Å². The molecule has 3 amide bonds. The fourth-order valence-electron chi connectivity index (χ4n) is 4.19. The normalized spacial score (nSPS) is 13.0. The fourth-order valence-corrected chi connectivity index (χ4v) is 4.19. The van der Waals surface area contributed by atoms with Gasteiger partial charge in [0.05, 0.1) is 24.9 Å². The summed E-state index contributed by atoms with van der Waals surface area (Å²) in [5, 5.41) is 20.4. The van der Waals surface area contributed by atoms with Crippen LogP contribution < -0.4 is 21.5 Å². The summed E-state index contributed by atoms with van der Waals surface area (Å²) in [4.78, 5) is 65.7. The molecule has 2 aromatic rings. The molecule has 0 spiro atoms. The van der Waals surface area contributed by atoms with Crippen LogP contribution in [0.25, 0.3) is 0 Å². The Bertz CT molecular complexity index is 1430. The Morgan fingerprint density at radius 3 is 1.87 bits per heavy atom. The molecule has 46 heavy (non-hydrogen) atoms. The van der Waals surface area contributed by atoms with Crippen LogP contribution in [0.3, 0.4) is 0 Å². The molecule has 1 aromatic heterocycles. The fraction of sp³-hybridized carbons (Fsp3) is 0.594. The van der Waals surface area contributed by atoms with Crippen LogP contribution in [0, 0.1) is 0 Å². The Hall–Kier alpha value is -4.17. The molecular formula is C32H49N5O9. The van der Waals surface area contributed by atoms with E-state index in [2.05, 4.69) is 21.0 Å². The van der Waals surface area contributed by atoms with E-state index in [0.29, 0.717) is 0 Å². The van der Waals surface area contributed by atoms with Crippen molar-refractivity contribution in [2.45, 2.75) is 111 Å². The summed E-state index contributed by atoms with van der Waals surface area (Å²) in [5.41, 5.74) is -4.50. The molecule has 0 aliphatic rings. The number of H-pyrrole nitrogens is 1. The highest BCUT2D eigenvalue weighted by Gasteiger charge is 2.38. The molecule has 0 unspecified atom stereocenters. The van der Waals surface area contributed by atoms with Crippen molar-refractivity contribution in [1.82, 2.24) is 25.7 Å². The molecule has 0 radical (unpaired) electrons. The molecule has 2 rings (SSSR count). The molecule has 14 nitrogen and oxygen atoms in total. The van der Waals surface area contributed by atoms with Gasteiger partial charge in [-0.3, -0.25) is 19.5 Å². The van der Waals surface area contributed by atoms with Gasteiger partial charge in [0.2, 0.25) is 5.91 Å². The summed E-state index contributed by atoms with van der Waals surface area (Å²) < 4.78 is 17.2. The van der Waals surface area contributed by atoms with Crippen LogP contribution in [0.2, 0.25) is 0 Å². The Morgan fingerprint density at radius 2 is 1.37 bits per heavy atom. The number of rotatable bonds is 12. The SMILES string of the molecule is CC(C)(C)OC(=O)NC(C)(C)C(=O)N[C@H](COCc1ccccc1)c1[nH]n(C(=O)C(C)(C)NC(=O)OC(C)(C)C)c(=O)c1CCO. The van der Waals surface area contributed by atoms with Gasteiger partial charge in [-0.05, 0) is 74.8 Å². The number of benzene rings is 1. The first-order valence-corrected chi connectivity index (χ1v) is 15.0. The second kappa shape index (κ2) is 14.9. The van der Waals surface area contributed by atoms with Gasteiger partial charge in [0.25, 0.3) is 11.5 Å². The Morgan fingerprint density at radius 1 is 0.848 bits per heavy atom. The predicted octanol–water partition coefficient (Wildman–Crippen LogP) is 3.33. The number of alkyl carbamates (subject to hydrolysis) is 2. The number of hydrogen-bond donors (Lipinski definition) is 5. The zero-order valence-electron chi connectivity index (χ0n) is 28.5. The van der Waals surface area contributed by atoms with Gasteiger partial charge in [0.1, 0.15) is 22.3 Å². The number of aromatic amines is 1. The van der Waals surface area contributed by atoms with Crippen molar-refractivity contribution in [3.05, 3.63) is 57.5 Å². The molecule has 5 N–H and O–H groups in total. The highest BCUT2D eigenvalue weighted by atomic mass is 16.6. The van der Waals surface area contributed by atoms with E-state index < -0.39 is 64.5 Å². The van der Waals surface area contributed by atoms with Crippen molar-refractivity contribution in [3.8, 4) is 0 Å². The summed E-state index contributed by atoms with van der Waals surface area (Å²) in [6.45, 7) is 15.4. The zero-order chi connectivity index (χ0) is 35.1. The van der Waals surface area contributed by atoms with Crippen LogP contribution in [-0.4, -0.2) is 74.4 Å². The van der Waals surface area contributed by atoms with Gasteiger partial charge in [-0.2, -0.15) is 4.68 Å². The quantitative estimate of drug-likeness (QED) is 0.230. The third-order valence-corrected chi connectivity index (χ3v) is 6.36. The molecule has 0 aliphatic carbocycles. The van der Waals surface area contributed by atoms with Gasteiger partial charge in [-0.25, -0.2) is 9.59 Å². The van der Waals surface area contributed by atoms with Crippen LogP contribution in [-0.2, 0) is 32.0 Å². The van der Waals surface area contributed by atoms with Crippen LogP contribution in [0.4, 0.5) is 9.59 Å². The number of nitrogens with zero attached hydrogens (tertiary/aromatic N) is 1. The van der Waals surface area contributed by atoms with Gasteiger partial charge in [-0.1, -0.05) is 30.3 Å². The van der Waals surface area contributed by atoms with Crippen molar-refractivity contribution in [1.29, 1.82) is 0 Å². The lowest BCUT2D eigenvalue weighted by Gasteiger charge is -2.30. The summed E-state index contributed by atoms with van der Waals surface area (Å²) in [6, 6.07) is 8.22. The molecule has 0 saturated heterocycles. The highest BCUT2D eigenvalue weighted by molar-refractivity contribution is 5.91. The van der Waals surface area contributed by atoms with Crippen LogP contribution in [0.15, 0.2) is 35.1 Å². The smallest absolute Gasteiger partial charge is 0.408 e. The van der Waals surface area contributed by atoms with Crippen molar-refractivity contribution in [2.24, 2.45) is 0 Å². The van der Waals surface area contributed by atoms with E-state index in [0.717, 1.165) is 10.2 Å². The predicted molar refractivity (Wildman–Crippen MR) is 170 cm³/mol. The second-order valence-electron chi connectivity index (χ2n) is 14.0. The third-order valence-electron chi connectivity index (χ3n) is 6.36. The Labute approximate surface area is 269 Å². The first kappa shape index (κ1) is 38.0. The minimum Gasteiger partial charge on any atom is -0.444 e. The van der Waals surface area contributed by atoms with Crippen molar-refractivity contribution < 1.29 is 38.5 Å². The Balaban J connectivity index is 2.48. The molecule has 1 heterocycles. The summed E-state index contributed by atoms with van der Waals surface area (Å²) in [7, 11) is 0. The standard InChI is InChI=1S/C32H49N5O9/c1-29(2,3)45-27(42)34-31(7,8)25(40)33-22(19-44-18-20-14-12-11-13-15-20)23-21(16-17-38)24(39)37(36-23)26(41)32(9,10)35-28(43)46-30(4,5)6/h11-15,22,36,38H,16-19H2,1-10H3,(H,33,40)(H,34,42)(H,35,43)/t22-/m1/s1. The van der Waals surface area contributed by atoms with Crippen molar-refractivity contribution in [2.75, 3.05) is 13.2 Å². The summed E-state index contributed by atoms with van der Waals surface area (Å²) in [5.74, 6) is -1.47. The largest absolute Gasteiger partial charge is 0.444 e. The molecule has 14 heteroatoms. The first-order valence-electron chi connectivity index (χ1n) is 15.0. The molecule has 0 fully saturated rings. The number of ether oxygens (including phenoxy) is 3. The number of nitrogens with one attached hydrogen (secondary N) is 4. The first-order chi connectivity index (χ1) is 21.1. The Kier molecular flexibility index (Phi) is 12.4. The van der Waals surface area contributed by atoms with E-state index in [4.69, 9.17) is 14.2 Å². The molecule has 1 atom stereocenters. The van der Waals surface area contributed by atoms with E-state index in [9.17, 15) is 29.1 Å². The summed E-state index contributed by atoms with van der Waals surface area (Å²) >= 11 is 0. The third kappa shape index (κ3) is 11.3. The maximum Gasteiger partial charge on any atom is 0.408 e. The summed E-state index contributed by atoms with van der Waals surface area (Å²) in [6.07, 6.45) is -1.83. The lowest BCUT2D eigenvalue weighted by Crippen LogP contribution is -2.56. The van der Waals surface area contributed by atoms with E-state index in [1.165, 1.54) is 27.7 Å². The molecule has 256 valence electrons.